The van der Waals surface area contributed by atoms with Gasteiger partial charge in [0.05, 0.1) is 30.0 Å². The second-order valence-electron chi connectivity index (χ2n) is 7.40. The molecule has 0 fully saturated rings. The van der Waals surface area contributed by atoms with Crippen LogP contribution in [0.25, 0.3) is 10.9 Å². The molecule has 0 spiro atoms. The van der Waals surface area contributed by atoms with Crippen molar-refractivity contribution in [2.24, 2.45) is 0 Å². The molecule has 0 saturated heterocycles. The van der Waals surface area contributed by atoms with Gasteiger partial charge in [-0.15, -0.1) is 11.3 Å². The van der Waals surface area contributed by atoms with E-state index in [1.54, 1.807) is 30.3 Å². The number of rotatable bonds is 8. The zero-order chi connectivity index (χ0) is 22.5. The van der Waals surface area contributed by atoms with Crippen molar-refractivity contribution < 1.29 is 9.18 Å². The predicted molar refractivity (Wildman–Crippen MR) is 124 cm³/mol. The number of fused-ring (bicyclic) bond motifs is 1. The first kappa shape index (κ1) is 21.9. The molecule has 2 aromatic carbocycles. The number of carbonyl (C=O) groups excluding carboxylic acids is 1. The molecule has 0 aliphatic heterocycles. The Morgan fingerprint density at radius 3 is 2.66 bits per heavy atom. The lowest BCUT2D eigenvalue weighted by atomic mass is 10.1. The summed E-state index contributed by atoms with van der Waals surface area (Å²) in [4.78, 5) is 35.4. The summed E-state index contributed by atoms with van der Waals surface area (Å²) in [5.74, 6) is 0.0217. The summed E-state index contributed by atoms with van der Waals surface area (Å²) in [6.07, 6.45) is 0. The second-order valence-corrected chi connectivity index (χ2v) is 8.38. The topological polar surface area (TPSA) is 78.1 Å². The van der Waals surface area contributed by atoms with E-state index in [0.717, 1.165) is 10.4 Å². The molecule has 4 aromatic rings. The van der Waals surface area contributed by atoms with Gasteiger partial charge >= 0.3 is 0 Å². The summed E-state index contributed by atoms with van der Waals surface area (Å²) in [6, 6.07) is 16.8. The highest BCUT2D eigenvalue weighted by Crippen LogP contribution is 2.26. The van der Waals surface area contributed by atoms with Gasteiger partial charge in [0.2, 0.25) is 5.91 Å². The van der Waals surface area contributed by atoms with E-state index < -0.39 is 0 Å². The number of aromatic amines is 1. The smallest absolute Gasteiger partial charge is 0.258 e. The van der Waals surface area contributed by atoms with Crippen molar-refractivity contribution in [2.45, 2.75) is 19.5 Å². The Bertz CT molecular complexity index is 1260. The van der Waals surface area contributed by atoms with Gasteiger partial charge in [0.25, 0.3) is 5.56 Å². The van der Waals surface area contributed by atoms with Crippen molar-refractivity contribution >= 4 is 28.1 Å². The van der Waals surface area contributed by atoms with Crippen molar-refractivity contribution in [1.82, 2.24) is 20.2 Å². The first-order valence-corrected chi connectivity index (χ1v) is 11.2. The van der Waals surface area contributed by atoms with E-state index in [0.29, 0.717) is 29.8 Å². The number of nitrogens with zero attached hydrogens (tertiary/aromatic N) is 2. The molecule has 1 atom stereocenters. The Kier molecular flexibility index (Phi) is 6.72. The molecule has 4 rings (SSSR count). The highest BCUT2D eigenvalue weighted by atomic mass is 32.1. The van der Waals surface area contributed by atoms with Gasteiger partial charge in [-0.25, -0.2) is 9.37 Å². The molecule has 0 saturated carbocycles. The largest absolute Gasteiger partial charge is 0.343 e. The normalized spacial score (nSPS) is 12.2. The number of carbonyl (C=O) groups is 1. The van der Waals surface area contributed by atoms with Gasteiger partial charge in [0, 0.05) is 4.88 Å². The van der Waals surface area contributed by atoms with Crippen LogP contribution in [0.2, 0.25) is 0 Å². The third-order valence-corrected chi connectivity index (χ3v) is 6.12. The monoisotopic (exact) mass is 450 g/mol. The van der Waals surface area contributed by atoms with E-state index >= 15 is 0 Å². The number of hydrogen-bond donors (Lipinski definition) is 2. The third-order valence-electron chi connectivity index (χ3n) is 5.19. The number of H-pyrrole nitrogens is 1. The molecule has 0 bridgehead atoms. The van der Waals surface area contributed by atoms with Crippen LogP contribution in [0.1, 0.15) is 29.2 Å². The number of halogens is 1. The number of para-hydroxylation sites is 1. The molecule has 2 aromatic heterocycles. The number of hydrogen-bond acceptors (Lipinski definition) is 5. The minimum absolute atomic E-state index is 0.135. The van der Waals surface area contributed by atoms with Crippen LogP contribution in [-0.4, -0.2) is 33.9 Å². The van der Waals surface area contributed by atoms with Gasteiger partial charge in [-0.2, -0.15) is 0 Å². The van der Waals surface area contributed by atoms with E-state index in [9.17, 15) is 14.0 Å². The maximum Gasteiger partial charge on any atom is 0.258 e. The Morgan fingerprint density at radius 1 is 1.16 bits per heavy atom. The minimum atomic E-state index is -0.361. The summed E-state index contributed by atoms with van der Waals surface area (Å²) in [5.41, 5.74) is 1.24. The maximum absolute atomic E-state index is 13.4. The fraction of sp³-hybridized carbons (Fsp3) is 0.208. The molecule has 0 radical (unpaired) electrons. The van der Waals surface area contributed by atoms with Crippen molar-refractivity contribution in [3.8, 4) is 0 Å². The first-order chi connectivity index (χ1) is 15.5. The van der Waals surface area contributed by atoms with Gasteiger partial charge in [0.1, 0.15) is 11.6 Å². The molecule has 2 N–H and O–H groups in total. The summed E-state index contributed by atoms with van der Waals surface area (Å²) < 4.78 is 13.4. The fourth-order valence-corrected chi connectivity index (χ4v) is 4.34. The summed E-state index contributed by atoms with van der Waals surface area (Å²) in [6.45, 7) is 3.02. The van der Waals surface area contributed by atoms with Crippen molar-refractivity contribution in [2.75, 3.05) is 13.1 Å². The van der Waals surface area contributed by atoms with Crippen LogP contribution < -0.4 is 10.9 Å². The predicted octanol–water partition coefficient (Wildman–Crippen LogP) is 3.85. The highest BCUT2D eigenvalue weighted by Gasteiger charge is 2.20. The molecule has 8 heteroatoms. The molecule has 164 valence electrons. The number of thiophene rings is 1. The molecule has 2 heterocycles. The fourth-order valence-electron chi connectivity index (χ4n) is 3.54. The molecular formula is C24H23FN4O2S. The Labute approximate surface area is 188 Å². The minimum Gasteiger partial charge on any atom is -0.343 e. The van der Waals surface area contributed by atoms with E-state index in [2.05, 4.69) is 15.3 Å². The quantitative estimate of drug-likeness (QED) is 0.427. The van der Waals surface area contributed by atoms with E-state index in [4.69, 9.17) is 0 Å². The maximum atomic E-state index is 13.4. The number of nitrogens with one attached hydrogen (secondary N) is 2. The lowest BCUT2D eigenvalue weighted by Crippen LogP contribution is -2.39. The van der Waals surface area contributed by atoms with Crippen LogP contribution in [0.15, 0.2) is 70.8 Å². The molecule has 6 nitrogen and oxygen atoms in total. The van der Waals surface area contributed by atoms with Crippen LogP contribution >= 0.6 is 11.3 Å². The van der Waals surface area contributed by atoms with Gasteiger partial charge in [0.15, 0.2) is 0 Å². The van der Waals surface area contributed by atoms with Crippen LogP contribution in [0.3, 0.4) is 0 Å². The zero-order valence-electron chi connectivity index (χ0n) is 17.5. The first-order valence-electron chi connectivity index (χ1n) is 10.3. The molecule has 0 aliphatic rings. The Morgan fingerprint density at radius 2 is 1.94 bits per heavy atom. The standard InChI is InChI=1S/C24H23FN4O2S/c1-2-29(14-21-26-19-7-4-3-6-18(19)24(31)27-21)15-22(30)28-23(20-8-5-13-32-20)16-9-11-17(25)12-10-16/h3-13,23H,2,14-15H2,1H3,(H,28,30)(H,26,27,31)/t23-/m0/s1. The van der Waals surface area contributed by atoms with Crippen LogP contribution in [0.4, 0.5) is 4.39 Å². The number of amides is 1. The van der Waals surface area contributed by atoms with Crippen LogP contribution in [-0.2, 0) is 11.3 Å². The zero-order valence-corrected chi connectivity index (χ0v) is 18.4. The van der Waals surface area contributed by atoms with Gasteiger partial charge in [-0.05, 0) is 47.8 Å². The molecule has 0 aliphatic carbocycles. The Hall–Kier alpha value is -3.36. The van der Waals surface area contributed by atoms with Crippen LogP contribution in [0.5, 0.6) is 0 Å². The Balaban J connectivity index is 1.48. The van der Waals surface area contributed by atoms with Crippen molar-refractivity contribution in [3.05, 3.63) is 98.5 Å². The average molecular weight is 451 g/mol. The summed E-state index contributed by atoms with van der Waals surface area (Å²) in [5, 5.41) is 5.54. The van der Waals surface area contributed by atoms with Crippen LogP contribution in [0, 0.1) is 5.82 Å². The highest BCUT2D eigenvalue weighted by molar-refractivity contribution is 7.10. The average Bonchev–Trinajstić information content (AvgIpc) is 3.32. The van der Waals surface area contributed by atoms with Gasteiger partial charge in [-0.1, -0.05) is 37.3 Å². The van der Waals surface area contributed by atoms with Gasteiger partial charge < -0.3 is 10.3 Å². The summed E-state index contributed by atoms with van der Waals surface area (Å²) in [7, 11) is 0. The number of likely N-dealkylation sites (N-methyl/N-ethyl adjacent to an activating group) is 1. The molecule has 32 heavy (non-hydrogen) atoms. The summed E-state index contributed by atoms with van der Waals surface area (Å²) >= 11 is 1.53. The van der Waals surface area contributed by atoms with E-state index in [-0.39, 0.29) is 29.9 Å². The van der Waals surface area contributed by atoms with E-state index in [1.807, 2.05) is 35.4 Å². The lowest BCUT2D eigenvalue weighted by Gasteiger charge is -2.23. The van der Waals surface area contributed by atoms with Gasteiger partial charge in [-0.3, -0.25) is 14.5 Å². The molecular weight excluding hydrogens is 427 g/mol. The number of aromatic nitrogens is 2. The SMILES string of the molecule is CCN(CC(=O)N[C@@H](c1ccc(F)cc1)c1cccs1)Cc1nc2ccccc2c(=O)[nH]1. The lowest BCUT2D eigenvalue weighted by molar-refractivity contribution is -0.122. The second kappa shape index (κ2) is 9.84. The van der Waals surface area contributed by atoms with Crippen molar-refractivity contribution in [3.63, 3.8) is 0 Å². The van der Waals surface area contributed by atoms with E-state index in [1.165, 1.54) is 23.5 Å². The third kappa shape index (κ3) is 5.09. The molecule has 1 amide bonds. The van der Waals surface area contributed by atoms with Crippen molar-refractivity contribution in [1.29, 1.82) is 0 Å². The number of benzene rings is 2. The molecule has 0 unspecified atom stereocenters.